The van der Waals surface area contributed by atoms with Gasteiger partial charge in [-0.1, -0.05) is 49.7 Å². The van der Waals surface area contributed by atoms with E-state index in [1.165, 1.54) is 5.56 Å². The molecule has 0 bridgehead atoms. The molecular formula is C20H23ClN4OS. The van der Waals surface area contributed by atoms with Crippen molar-refractivity contribution in [2.45, 2.75) is 44.9 Å². The molecule has 0 saturated heterocycles. The van der Waals surface area contributed by atoms with Crippen LogP contribution in [-0.2, 0) is 16.4 Å². The van der Waals surface area contributed by atoms with E-state index in [4.69, 9.17) is 11.6 Å². The molecule has 3 rings (SSSR count). The highest BCUT2D eigenvalue weighted by Crippen LogP contribution is 2.28. The number of nitrogens with zero attached hydrogens (tertiary/aromatic N) is 3. The third kappa shape index (κ3) is 4.22. The van der Waals surface area contributed by atoms with Crippen molar-refractivity contribution in [3.05, 3.63) is 64.4 Å². The van der Waals surface area contributed by atoms with Gasteiger partial charge in [0.2, 0.25) is 0 Å². The number of anilines is 1. The molecule has 1 aromatic heterocycles. The quantitative estimate of drug-likeness (QED) is 0.670. The number of hydrogen-bond donors (Lipinski definition) is 1. The van der Waals surface area contributed by atoms with Crippen LogP contribution in [0.25, 0.3) is 5.69 Å². The summed E-state index contributed by atoms with van der Waals surface area (Å²) in [5, 5.41) is 8.85. The summed E-state index contributed by atoms with van der Waals surface area (Å²) < 4.78 is 17.6. The molecule has 1 N–H and O–H groups in total. The highest BCUT2D eigenvalue weighted by molar-refractivity contribution is 7.86. The van der Waals surface area contributed by atoms with Crippen molar-refractivity contribution in [1.29, 1.82) is 0 Å². The molecule has 0 aliphatic heterocycles. The third-order valence-electron chi connectivity index (χ3n) is 4.45. The van der Waals surface area contributed by atoms with Gasteiger partial charge in [-0.15, -0.1) is 5.10 Å². The molecule has 3 aromatic rings. The monoisotopic (exact) mass is 402 g/mol. The van der Waals surface area contributed by atoms with Crippen LogP contribution < -0.4 is 4.72 Å². The molecule has 0 radical (unpaired) electrons. The first-order chi connectivity index (χ1) is 12.7. The smallest absolute Gasteiger partial charge is 0.150 e. The van der Waals surface area contributed by atoms with Crippen LogP contribution in [0.4, 0.5) is 5.69 Å². The van der Waals surface area contributed by atoms with E-state index in [1.807, 2.05) is 38.1 Å². The molecule has 7 heteroatoms. The maximum atomic E-state index is 12.9. The van der Waals surface area contributed by atoms with Crippen molar-refractivity contribution in [1.82, 2.24) is 15.0 Å². The summed E-state index contributed by atoms with van der Waals surface area (Å²) in [5.74, 6) is 0. The third-order valence-corrected chi connectivity index (χ3v) is 5.79. The van der Waals surface area contributed by atoms with Gasteiger partial charge >= 0.3 is 0 Å². The Kier molecular flexibility index (Phi) is 5.40. The van der Waals surface area contributed by atoms with Crippen molar-refractivity contribution in [3.8, 4) is 5.69 Å². The van der Waals surface area contributed by atoms with Gasteiger partial charge in [-0.25, -0.2) is 8.89 Å². The van der Waals surface area contributed by atoms with Crippen LogP contribution in [0, 0.1) is 13.8 Å². The van der Waals surface area contributed by atoms with E-state index in [0.29, 0.717) is 21.3 Å². The second-order valence-corrected chi connectivity index (χ2v) is 9.13. The Labute approximate surface area is 167 Å². The van der Waals surface area contributed by atoms with Crippen LogP contribution >= 0.6 is 11.6 Å². The van der Waals surface area contributed by atoms with Crippen LogP contribution in [-0.4, -0.2) is 19.2 Å². The van der Waals surface area contributed by atoms with Crippen LogP contribution in [0.15, 0.2) is 47.4 Å². The van der Waals surface area contributed by atoms with Crippen molar-refractivity contribution in [2.75, 3.05) is 4.72 Å². The van der Waals surface area contributed by atoms with Gasteiger partial charge in [0.1, 0.15) is 11.0 Å². The number of hydrogen-bond acceptors (Lipinski definition) is 3. The van der Waals surface area contributed by atoms with E-state index >= 15 is 0 Å². The lowest BCUT2D eigenvalue weighted by atomic mass is 9.87. The molecule has 0 fully saturated rings. The van der Waals surface area contributed by atoms with Crippen molar-refractivity contribution in [3.63, 3.8) is 0 Å². The highest BCUT2D eigenvalue weighted by atomic mass is 35.5. The number of rotatable bonds is 4. The van der Waals surface area contributed by atoms with Crippen molar-refractivity contribution < 1.29 is 4.21 Å². The number of aryl methyl sites for hydroxylation is 1. The molecule has 1 unspecified atom stereocenters. The molecule has 0 amide bonds. The Morgan fingerprint density at radius 3 is 2.30 bits per heavy atom. The molecule has 1 heterocycles. The number of benzene rings is 2. The fourth-order valence-electron chi connectivity index (χ4n) is 2.64. The van der Waals surface area contributed by atoms with E-state index in [1.54, 1.807) is 22.9 Å². The van der Waals surface area contributed by atoms with Crippen molar-refractivity contribution in [2.24, 2.45) is 0 Å². The fraction of sp³-hybridized carbons (Fsp3) is 0.300. The molecule has 0 aliphatic rings. The minimum Gasteiger partial charge on any atom is -0.299 e. The molecular weight excluding hydrogens is 380 g/mol. The fourth-order valence-corrected chi connectivity index (χ4v) is 3.68. The maximum Gasteiger partial charge on any atom is 0.150 e. The highest BCUT2D eigenvalue weighted by Gasteiger charge is 2.16. The first-order valence-electron chi connectivity index (χ1n) is 8.64. The van der Waals surface area contributed by atoms with Gasteiger partial charge in [0.05, 0.1) is 27.7 Å². The van der Waals surface area contributed by atoms with E-state index in [0.717, 1.165) is 11.4 Å². The van der Waals surface area contributed by atoms with E-state index in [9.17, 15) is 4.21 Å². The lowest BCUT2D eigenvalue weighted by molar-refractivity contribution is 0.589. The van der Waals surface area contributed by atoms with E-state index in [2.05, 4.69) is 35.8 Å². The molecule has 2 aromatic carbocycles. The molecule has 142 valence electrons. The summed E-state index contributed by atoms with van der Waals surface area (Å²) in [4.78, 5) is 0.704. The molecule has 0 aliphatic carbocycles. The predicted molar refractivity (Wildman–Crippen MR) is 111 cm³/mol. The summed E-state index contributed by atoms with van der Waals surface area (Å²) in [6, 6.07) is 13.2. The number of nitrogens with one attached hydrogen (secondary N) is 1. The molecule has 1 atom stereocenters. The average molecular weight is 403 g/mol. The minimum absolute atomic E-state index is 0.0548. The Bertz CT molecular complexity index is 990. The number of aromatic nitrogens is 3. The van der Waals surface area contributed by atoms with E-state index < -0.39 is 11.0 Å². The normalized spacial score (nSPS) is 12.8. The zero-order valence-corrected chi connectivity index (χ0v) is 17.6. The summed E-state index contributed by atoms with van der Waals surface area (Å²) >= 11 is 6.17. The van der Waals surface area contributed by atoms with Crippen LogP contribution in [0.2, 0.25) is 5.02 Å². The molecule has 27 heavy (non-hydrogen) atoms. The lowest BCUT2D eigenvalue weighted by Crippen LogP contribution is -2.12. The Morgan fingerprint density at radius 1 is 1.07 bits per heavy atom. The Morgan fingerprint density at radius 2 is 1.74 bits per heavy atom. The largest absolute Gasteiger partial charge is 0.299 e. The minimum atomic E-state index is -1.41. The van der Waals surface area contributed by atoms with E-state index in [-0.39, 0.29) is 5.41 Å². The summed E-state index contributed by atoms with van der Waals surface area (Å²) in [6.45, 7) is 10.3. The second-order valence-electron chi connectivity index (χ2n) is 7.48. The summed E-state index contributed by atoms with van der Waals surface area (Å²) in [6.07, 6.45) is 0. The van der Waals surface area contributed by atoms with Gasteiger partial charge in [-0.3, -0.25) is 4.72 Å². The predicted octanol–water partition coefficient (Wildman–Crippen LogP) is 4.97. The maximum absolute atomic E-state index is 12.9. The first kappa shape index (κ1) is 19.6. The zero-order chi connectivity index (χ0) is 19.8. The van der Waals surface area contributed by atoms with Gasteiger partial charge in [0.15, 0.2) is 0 Å². The molecule has 5 nitrogen and oxygen atoms in total. The van der Waals surface area contributed by atoms with Crippen molar-refractivity contribution >= 4 is 28.3 Å². The van der Waals surface area contributed by atoms with Crippen LogP contribution in [0.1, 0.15) is 37.7 Å². The molecule has 0 spiro atoms. The zero-order valence-electron chi connectivity index (χ0n) is 16.1. The van der Waals surface area contributed by atoms with Gasteiger partial charge in [-0.05, 0) is 55.2 Å². The first-order valence-corrected chi connectivity index (χ1v) is 10.2. The Balaban J connectivity index is 1.92. The van der Waals surface area contributed by atoms with Crippen LogP contribution in [0.3, 0.4) is 0 Å². The lowest BCUT2D eigenvalue weighted by Gasteiger charge is -2.19. The Hall–Kier alpha value is -2.18. The van der Waals surface area contributed by atoms with Gasteiger partial charge in [0.25, 0.3) is 0 Å². The number of halogens is 1. The summed E-state index contributed by atoms with van der Waals surface area (Å²) in [5.41, 5.74) is 4.37. The summed E-state index contributed by atoms with van der Waals surface area (Å²) in [7, 11) is -1.41. The SMILES string of the molecule is Cc1nnn(-c2cc(Cl)ccc2NS(=O)c2ccc(C(C)(C)C)cc2)c1C. The average Bonchev–Trinajstić information content (AvgIpc) is 2.95. The topological polar surface area (TPSA) is 59.8 Å². The standard InChI is InChI=1S/C20H23ClN4OS/c1-13-14(2)25(24-22-13)19-12-16(21)8-11-18(19)23-27(26)17-9-6-15(7-10-17)20(3,4)5/h6-12,23H,1-5H3. The van der Waals surface area contributed by atoms with Crippen LogP contribution in [0.5, 0.6) is 0 Å². The van der Waals surface area contributed by atoms with Gasteiger partial charge in [0, 0.05) is 5.02 Å². The van der Waals surface area contributed by atoms with Gasteiger partial charge < -0.3 is 0 Å². The second kappa shape index (κ2) is 7.44. The van der Waals surface area contributed by atoms with Gasteiger partial charge in [-0.2, -0.15) is 0 Å². The molecule has 0 saturated carbocycles.